The average Bonchev–Trinajstić information content (AvgIpc) is 3.41. The minimum Gasteiger partial charge on any atom is -0.508 e. The average molecular weight is 474 g/mol. The number of hydrogen-bond acceptors (Lipinski definition) is 5. The Bertz CT molecular complexity index is 1340. The molecule has 34 heavy (non-hydrogen) atoms. The van der Waals surface area contributed by atoms with Gasteiger partial charge in [-0.3, -0.25) is 19.7 Å². The summed E-state index contributed by atoms with van der Waals surface area (Å²) in [4.78, 5) is 42.3. The number of carbonyl (C=O) groups is 3. The highest BCUT2D eigenvalue weighted by Crippen LogP contribution is 2.53. The summed E-state index contributed by atoms with van der Waals surface area (Å²) < 4.78 is 0. The first kappa shape index (κ1) is 20.9. The van der Waals surface area contributed by atoms with Gasteiger partial charge in [0, 0.05) is 22.3 Å². The molecule has 3 heterocycles. The standard InChI is InChI=1S/C26H20ClN3O4/c27-15-7-9-16(10-8-15)30-23(32)21-20(13-14-5-11-17(31)12-6-14)29-26(22(21)24(30)33)18-3-1-2-4-19(18)28-25(26)34/h1-12,20-22,29,31H,13H2,(H,28,34). The van der Waals surface area contributed by atoms with Gasteiger partial charge in [-0.1, -0.05) is 41.9 Å². The number of amides is 3. The Kier molecular flexibility index (Phi) is 4.56. The summed E-state index contributed by atoms with van der Waals surface area (Å²) in [6.07, 6.45) is 0.409. The molecule has 0 saturated carbocycles. The monoisotopic (exact) mass is 473 g/mol. The third-order valence-electron chi connectivity index (χ3n) is 7.10. The fourth-order valence-corrected chi connectivity index (χ4v) is 5.79. The fourth-order valence-electron chi connectivity index (χ4n) is 5.66. The van der Waals surface area contributed by atoms with Gasteiger partial charge in [-0.05, 0) is 54.4 Å². The second kappa shape index (κ2) is 7.41. The van der Waals surface area contributed by atoms with E-state index in [1.165, 1.54) is 4.90 Å². The fraction of sp³-hybridized carbons (Fsp3) is 0.192. The summed E-state index contributed by atoms with van der Waals surface area (Å²) in [7, 11) is 0. The van der Waals surface area contributed by atoms with Crippen molar-refractivity contribution in [3.8, 4) is 5.75 Å². The van der Waals surface area contributed by atoms with E-state index >= 15 is 0 Å². The molecule has 2 saturated heterocycles. The van der Waals surface area contributed by atoms with Crippen LogP contribution in [0.1, 0.15) is 11.1 Å². The van der Waals surface area contributed by atoms with Crippen molar-refractivity contribution in [3.63, 3.8) is 0 Å². The highest BCUT2D eigenvalue weighted by Gasteiger charge is 2.70. The summed E-state index contributed by atoms with van der Waals surface area (Å²) >= 11 is 6.02. The predicted octanol–water partition coefficient (Wildman–Crippen LogP) is 3.21. The Morgan fingerprint density at radius 2 is 1.62 bits per heavy atom. The first-order valence-electron chi connectivity index (χ1n) is 11.0. The van der Waals surface area contributed by atoms with E-state index in [9.17, 15) is 19.5 Å². The number of benzene rings is 3. The van der Waals surface area contributed by atoms with Crippen molar-refractivity contribution in [1.29, 1.82) is 0 Å². The van der Waals surface area contributed by atoms with Crippen molar-refractivity contribution in [1.82, 2.24) is 5.32 Å². The molecule has 0 radical (unpaired) electrons. The van der Waals surface area contributed by atoms with E-state index in [1.54, 1.807) is 54.6 Å². The first-order chi connectivity index (χ1) is 16.4. The number of aromatic hydroxyl groups is 1. The molecule has 3 amide bonds. The molecule has 3 aliphatic heterocycles. The third-order valence-corrected chi connectivity index (χ3v) is 7.35. The Morgan fingerprint density at radius 3 is 2.35 bits per heavy atom. The van der Waals surface area contributed by atoms with Crippen LogP contribution in [0.2, 0.25) is 5.02 Å². The Hall–Kier alpha value is -3.68. The Morgan fingerprint density at radius 1 is 0.912 bits per heavy atom. The summed E-state index contributed by atoms with van der Waals surface area (Å²) in [5, 5.41) is 16.5. The van der Waals surface area contributed by atoms with Crippen LogP contribution in [0.3, 0.4) is 0 Å². The molecule has 0 bridgehead atoms. The van der Waals surface area contributed by atoms with E-state index < -0.39 is 29.3 Å². The van der Waals surface area contributed by atoms with Gasteiger partial charge >= 0.3 is 0 Å². The molecule has 3 aliphatic rings. The topological polar surface area (TPSA) is 98.7 Å². The maximum absolute atomic E-state index is 13.9. The van der Waals surface area contributed by atoms with Gasteiger partial charge in [0.25, 0.3) is 0 Å². The van der Waals surface area contributed by atoms with Gasteiger partial charge in [0.15, 0.2) is 0 Å². The maximum Gasteiger partial charge on any atom is 0.250 e. The van der Waals surface area contributed by atoms with Crippen LogP contribution in [0.15, 0.2) is 72.8 Å². The lowest BCUT2D eigenvalue weighted by Gasteiger charge is -2.29. The molecule has 0 aromatic heterocycles. The summed E-state index contributed by atoms with van der Waals surface area (Å²) in [5.74, 6) is -2.60. The lowest BCUT2D eigenvalue weighted by Crippen LogP contribution is -2.53. The quantitative estimate of drug-likeness (QED) is 0.507. The summed E-state index contributed by atoms with van der Waals surface area (Å²) in [5.41, 5.74) is 1.26. The number of halogens is 1. The van der Waals surface area contributed by atoms with Crippen molar-refractivity contribution in [2.45, 2.75) is 18.0 Å². The molecule has 3 N–H and O–H groups in total. The lowest BCUT2D eigenvalue weighted by molar-refractivity contribution is -0.130. The minimum absolute atomic E-state index is 0.141. The normalized spacial score (nSPS) is 27.3. The summed E-state index contributed by atoms with van der Waals surface area (Å²) in [6.45, 7) is 0. The Balaban J connectivity index is 1.48. The molecule has 0 aliphatic carbocycles. The van der Waals surface area contributed by atoms with Gasteiger partial charge < -0.3 is 10.4 Å². The van der Waals surface area contributed by atoms with Crippen LogP contribution < -0.4 is 15.5 Å². The molecule has 7 nitrogen and oxygen atoms in total. The zero-order chi connectivity index (χ0) is 23.6. The van der Waals surface area contributed by atoms with Crippen LogP contribution in [0.5, 0.6) is 5.75 Å². The molecular weight excluding hydrogens is 454 g/mol. The molecule has 1 spiro atoms. The van der Waals surface area contributed by atoms with E-state index in [0.717, 1.165) is 5.56 Å². The number of fused-ring (bicyclic) bond motifs is 4. The van der Waals surface area contributed by atoms with Gasteiger partial charge in [0.05, 0.1) is 17.5 Å². The van der Waals surface area contributed by atoms with Crippen molar-refractivity contribution in [2.24, 2.45) is 11.8 Å². The number of hydrogen-bond donors (Lipinski definition) is 3. The maximum atomic E-state index is 13.9. The highest BCUT2D eigenvalue weighted by molar-refractivity contribution is 6.31. The highest BCUT2D eigenvalue weighted by atomic mass is 35.5. The molecular formula is C26H20ClN3O4. The second-order valence-corrected chi connectivity index (χ2v) is 9.36. The molecule has 6 rings (SSSR count). The molecule has 2 fully saturated rings. The molecule has 170 valence electrons. The number of carbonyl (C=O) groups excluding carboxylic acids is 3. The van der Waals surface area contributed by atoms with Crippen molar-refractivity contribution in [2.75, 3.05) is 10.2 Å². The SMILES string of the molecule is O=C1C2C(Cc3ccc(O)cc3)NC3(C(=O)Nc4ccccc43)C2C(=O)N1c1ccc(Cl)cc1. The number of anilines is 2. The predicted molar refractivity (Wildman–Crippen MR) is 126 cm³/mol. The Labute approximate surface area is 200 Å². The van der Waals surface area contributed by atoms with E-state index in [-0.39, 0.29) is 17.6 Å². The molecule has 3 aromatic rings. The van der Waals surface area contributed by atoms with Crippen LogP contribution >= 0.6 is 11.6 Å². The largest absolute Gasteiger partial charge is 0.508 e. The van der Waals surface area contributed by atoms with Crippen molar-refractivity contribution >= 4 is 40.7 Å². The van der Waals surface area contributed by atoms with Crippen LogP contribution in [0, 0.1) is 11.8 Å². The minimum atomic E-state index is -1.35. The van der Waals surface area contributed by atoms with E-state index in [0.29, 0.717) is 28.4 Å². The number of para-hydroxylation sites is 1. The molecule has 4 atom stereocenters. The first-order valence-corrected chi connectivity index (χ1v) is 11.4. The number of nitrogens with zero attached hydrogens (tertiary/aromatic N) is 1. The zero-order valence-corrected chi connectivity index (χ0v) is 18.6. The number of phenols is 1. The van der Waals surface area contributed by atoms with Crippen molar-refractivity contribution < 1.29 is 19.5 Å². The van der Waals surface area contributed by atoms with Gasteiger partial charge in [-0.25, -0.2) is 4.90 Å². The van der Waals surface area contributed by atoms with Crippen LogP contribution in [-0.4, -0.2) is 28.9 Å². The van der Waals surface area contributed by atoms with Crippen LogP contribution in [-0.2, 0) is 26.3 Å². The lowest BCUT2D eigenvalue weighted by atomic mass is 9.76. The number of nitrogens with one attached hydrogen (secondary N) is 2. The zero-order valence-electron chi connectivity index (χ0n) is 17.9. The van der Waals surface area contributed by atoms with E-state index in [4.69, 9.17) is 11.6 Å². The summed E-state index contributed by atoms with van der Waals surface area (Å²) in [6, 6.07) is 20.0. The van der Waals surface area contributed by atoms with E-state index in [2.05, 4.69) is 10.6 Å². The van der Waals surface area contributed by atoms with Crippen LogP contribution in [0.25, 0.3) is 0 Å². The second-order valence-electron chi connectivity index (χ2n) is 8.92. The number of phenolic OH excluding ortho intramolecular Hbond substituents is 1. The third kappa shape index (κ3) is 2.84. The molecule has 4 unspecified atom stereocenters. The van der Waals surface area contributed by atoms with Gasteiger partial charge in [0.1, 0.15) is 11.3 Å². The van der Waals surface area contributed by atoms with Gasteiger partial charge in [0.2, 0.25) is 17.7 Å². The van der Waals surface area contributed by atoms with Gasteiger partial charge in [-0.15, -0.1) is 0 Å². The van der Waals surface area contributed by atoms with Gasteiger partial charge in [-0.2, -0.15) is 0 Å². The smallest absolute Gasteiger partial charge is 0.250 e. The van der Waals surface area contributed by atoms with Crippen LogP contribution in [0.4, 0.5) is 11.4 Å². The van der Waals surface area contributed by atoms with Crippen molar-refractivity contribution in [3.05, 3.63) is 88.9 Å². The number of imide groups is 1. The number of rotatable bonds is 3. The molecule has 8 heteroatoms. The van der Waals surface area contributed by atoms with E-state index in [1.807, 2.05) is 18.2 Å². The molecule has 3 aromatic carbocycles.